The van der Waals surface area contributed by atoms with E-state index in [4.69, 9.17) is 0 Å². The van der Waals surface area contributed by atoms with Crippen molar-refractivity contribution in [2.45, 2.75) is 6.92 Å². The molecule has 0 atom stereocenters. The Morgan fingerprint density at radius 3 is 2.38 bits per heavy atom. The van der Waals surface area contributed by atoms with Crippen LogP contribution in [0, 0.1) is 0 Å². The number of fused-ring (bicyclic) bond motifs is 1. The predicted octanol–water partition coefficient (Wildman–Crippen LogP) is 1.05. The number of ketones is 1. The van der Waals surface area contributed by atoms with Gasteiger partial charge in [-0.2, -0.15) is 0 Å². The Kier molecular flexibility index (Phi) is 3.56. The highest BCUT2D eigenvalue weighted by Gasteiger charge is 2.19. The van der Waals surface area contributed by atoms with E-state index in [1.54, 1.807) is 6.92 Å². The second-order valence-corrected chi connectivity index (χ2v) is 5.80. The van der Waals surface area contributed by atoms with Crippen molar-refractivity contribution < 1.29 is 4.79 Å². The Morgan fingerprint density at radius 2 is 1.67 bits per heavy atom. The van der Waals surface area contributed by atoms with Gasteiger partial charge >= 0.3 is 0 Å². The zero-order valence-electron chi connectivity index (χ0n) is 13.3. The average Bonchev–Trinajstić information content (AvgIpc) is 3.09. The molecule has 0 N–H and O–H groups in total. The molecule has 8 heteroatoms. The standard InChI is InChI=1S/C16H17N7O/c1-12(24)13-2-4-14(5-3-13)21-8-10-22(11-9-21)16-7-6-15-17-19-20-23(15)18-16/h2-7H,8-11H2,1H3. The zero-order valence-corrected chi connectivity index (χ0v) is 13.3. The minimum absolute atomic E-state index is 0.0930. The summed E-state index contributed by atoms with van der Waals surface area (Å²) in [5.41, 5.74) is 2.53. The second-order valence-electron chi connectivity index (χ2n) is 5.80. The molecule has 0 spiro atoms. The summed E-state index contributed by atoms with van der Waals surface area (Å²) in [5, 5.41) is 15.8. The molecule has 0 amide bonds. The minimum atomic E-state index is 0.0930. The van der Waals surface area contributed by atoms with Gasteiger partial charge in [-0.25, -0.2) is 0 Å². The minimum Gasteiger partial charge on any atom is -0.368 e. The van der Waals surface area contributed by atoms with E-state index in [-0.39, 0.29) is 5.78 Å². The molecule has 3 aromatic rings. The van der Waals surface area contributed by atoms with Gasteiger partial charge in [0.25, 0.3) is 0 Å². The quantitative estimate of drug-likeness (QED) is 0.666. The van der Waals surface area contributed by atoms with Gasteiger partial charge in [-0.15, -0.1) is 14.8 Å². The van der Waals surface area contributed by atoms with Gasteiger partial charge in [0.2, 0.25) is 0 Å². The van der Waals surface area contributed by atoms with E-state index in [0.717, 1.165) is 43.2 Å². The van der Waals surface area contributed by atoms with Crippen LogP contribution in [0.3, 0.4) is 0 Å². The summed E-state index contributed by atoms with van der Waals surface area (Å²) in [5.74, 6) is 0.969. The van der Waals surface area contributed by atoms with Gasteiger partial charge in [0.15, 0.2) is 17.2 Å². The van der Waals surface area contributed by atoms with Crippen molar-refractivity contribution in [1.29, 1.82) is 0 Å². The van der Waals surface area contributed by atoms with Crippen LogP contribution in [-0.2, 0) is 0 Å². The number of aromatic nitrogens is 5. The van der Waals surface area contributed by atoms with Crippen LogP contribution in [-0.4, -0.2) is 57.2 Å². The molecular formula is C16H17N7O. The topological polar surface area (TPSA) is 79.5 Å². The van der Waals surface area contributed by atoms with Gasteiger partial charge in [0, 0.05) is 37.4 Å². The van der Waals surface area contributed by atoms with Crippen LogP contribution in [0.4, 0.5) is 11.5 Å². The summed E-state index contributed by atoms with van der Waals surface area (Å²) in [7, 11) is 0. The van der Waals surface area contributed by atoms with Crippen molar-refractivity contribution >= 4 is 22.9 Å². The van der Waals surface area contributed by atoms with E-state index in [1.165, 1.54) is 4.63 Å². The van der Waals surface area contributed by atoms with E-state index < -0.39 is 0 Å². The molecule has 1 fully saturated rings. The molecule has 3 heterocycles. The number of piperazine rings is 1. The number of carbonyl (C=O) groups is 1. The molecule has 4 rings (SSSR count). The average molecular weight is 323 g/mol. The molecule has 0 aliphatic carbocycles. The van der Waals surface area contributed by atoms with Crippen molar-refractivity contribution in [1.82, 2.24) is 25.3 Å². The smallest absolute Gasteiger partial charge is 0.200 e. The molecule has 1 aliphatic rings. The Bertz CT molecular complexity index is 866. The molecule has 1 aromatic carbocycles. The van der Waals surface area contributed by atoms with Crippen LogP contribution in [0.25, 0.3) is 5.65 Å². The largest absolute Gasteiger partial charge is 0.368 e. The van der Waals surface area contributed by atoms with E-state index in [9.17, 15) is 4.79 Å². The van der Waals surface area contributed by atoms with E-state index in [0.29, 0.717) is 5.65 Å². The first kappa shape index (κ1) is 14.6. The fourth-order valence-corrected chi connectivity index (χ4v) is 2.91. The lowest BCUT2D eigenvalue weighted by atomic mass is 10.1. The number of Topliss-reactive ketones (excluding diaryl/α,β-unsaturated/α-hetero) is 1. The van der Waals surface area contributed by atoms with Crippen LogP contribution < -0.4 is 9.80 Å². The van der Waals surface area contributed by atoms with Gasteiger partial charge in [-0.05, 0) is 53.7 Å². The molecule has 1 saturated heterocycles. The molecule has 24 heavy (non-hydrogen) atoms. The predicted molar refractivity (Wildman–Crippen MR) is 89.4 cm³/mol. The number of hydrogen-bond donors (Lipinski definition) is 0. The number of nitrogens with zero attached hydrogens (tertiary/aromatic N) is 7. The molecule has 2 aromatic heterocycles. The Hall–Kier alpha value is -3.03. The fraction of sp³-hybridized carbons (Fsp3) is 0.312. The molecule has 1 aliphatic heterocycles. The zero-order chi connectivity index (χ0) is 16.5. The highest BCUT2D eigenvalue weighted by Crippen LogP contribution is 2.20. The summed E-state index contributed by atoms with van der Waals surface area (Å²) in [6, 6.07) is 11.6. The van der Waals surface area contributed by atoms with Crippen molar-refractivity contribution in [2.75, 3.05) is 36.0 Å². The first-order chi connectivity index (χ1) is 11.7. The van der Waals surface area contributed by atoms with Crippen molar-refractivity contribution in [2.24, 2.45) is 0 Å². The highest BCUT2D eigenvalue weighted by atomic mass is 16.1. The number of carbonyl (C=O) groups excluding carboxylic acids is 1. The lowest BCUT2D eigenvalue weighted by Crippen LogP contribution is -2.47. The van der Waals surface area contributed by atoms with E-state index in [2.05, 4.69) is 30.4 Å². The Morgan fingerprint density at radius 1 is 0.958 bits per heavy atom. The highest BCUT2D eigenvalue weighted by molar-refractivity contribution is 5.94. The number of rotatable bonds is 3. The lowest BCUT2D eigenvalue weighted by molar-refractivity contribution is 0.101. The summed E-state index contributed by atoms with van der Waals surface area (Å²) >= 11 is 0. The van der Waals surface area contributed by atoms with Gasteiger partial charge in [0.05, 0.1) is 0 Å². The lowest BCUT2D eigenvalue weighted by Gasteiger charge is -2.36. The number of tetrazole rings is 1. The van der Waals surface area contributed by atoms with E-state index in [1.807, 2.05) is 36.4 Å². The molecule has 122 valence electrons. The van der Waals surface area contributed by atoms with Crippen LogP contribution in [0.5, 0.6) is 0 Å². The van der Waals surface area contributed by atoms with Crippen molar-refractivity contribution in [3.63, 3.8) is 0 Å². The van der Waals surface area contributed by atoms with Crippen LogP contribution in [0.1, 0.15) is 17.3 Å². The first-order valence-corrected chi connectivity index (χ1v) is 7.87. The second kappa shape index (κ2) is 5.88. The third-order valence-electron chi connectivity index (χ3n) is 4.30. The monoisotopic (exact) mass is 323 g/mol. The Labute approximate surface area is 138 Å². The molecule has 0 unspecified atom stereocenters. The maximum absolute atomic E-state index is 11.4. The third-order valence-corrected chi connectivity index (χ3v) is 4.30. The Balaban J connectivity index is 1.45. The van der Waals surface area contributed by atoms with Crippen LogP contribution >= 0.6 is 0 Å². The van der Waals surface area contributed by atoms with Crippen molar-refractivity contribution in [3.8, 4) is 0 Å². The number of hydrogen-bond acceptors (Lipinski definition) is 7. The maximum Gasteiger partial charge on any atom is 0.200 e. The van der Waals surface area contributed by atoms with Crippen LogP contribution in [0.2, 0.25) is 0 Å². The molecule has 8 nitrogen and oxygen atoms in total. The van der Waals surface area contributed by atoms with E-state index >= 15 is 0 Å². The van der Waals surface area contributed by atoms with Gasteiger partial charge < -0.3 is 9.80 Å². The SMILES string of the molecule is CC(=O)c1ccc(N2CCN(c3ccc4nnnn4n3)CC2)cc1. The normalized spacial score (nSPS) is 15.0. The molecule has 0 bridgehead atoms. The maximum atomic E-state index is 11.4. The summed E-state index contributed by atoms with van der Waals surface area (Å²) in [6.45, 7) is 5.12. The summed E-state index contributed by atoms with van der Waals surface area (Å²) in [4.78, 5) is 15.9. The molecule has 0 saturated carbocycles. The fourth-order valence-electron chi connectivity index (χ4n) is 2.91. The van der Waals surface area contributed by atoms with Gasteiger partial charge in [0.1, 0.15) is 0 Å². The summed E-state index contributed by atoms with van der Waals surface area (Å²) in [6.07, 6.45) is 0. The molecule has 0 radical (unpaired) electrons. The first-order valence-electron chi connectivity index (χ1n) is 7.87. The molecular weight excluding hydrogens is 306 g/mol. The van der Waals surface area contributed by atoms with Crippen LogP contribution in [0.15, 0.2) is 36.4 Å². The van der Waals surface area contributed by atoms with Gasteiger partial charge in [-0.3, -0.25) is 4.79 Å². The third kappa shape index (κ3) is 2.66. The number of benzene rings is 1. The summed E-state index contributed by atoms with van der Waals surface area (Å²) < 4.78 is 1.45. The number of anilines is 2. The van der Waals surface area contributed by atoms with Crippen molar-refractivity contribution in [3.05, 3.63) is 42.0 Å². The van der Waals surface area contributed by atoms with Gasteiger partial charge in [-0.1, -0.05) is 0 Å².